The lowest BCUT2D eigenvalue weighted by molar-refractivity contribution is 0.210. The second-order valence-electron chi connectivity index (χ2n) is 4.18. The lowest BCUT2D eigenvalue weighted by Crippen LogP contribution is -2.05. The molecule has 0 bridgehead atoms. The molecule has 106 valence electrons. The van der Waals surface area contributed by atoms with Gasteiger partial charge in [0, 0.05) is 20.1 Å². The molecule has 0 saturated carbocycles. The van der Waals surface area contributed by atoms with Crippen LogP contribution in [0.1, 0.15) is 24.2 Å². The Kier molecular flexibility index (Phi) is 5.18. The van der Waals surface area contributed by atoms with Gasteiger partial charge in [0.15, 0.2) is 0 Å². The number of ether oxygens (including phenoxy) is 1. The van der Waals surface area contributed by atoms with Gasteiger partial charge in [-0.25, -0.2) is 4.39 Å². The van der Waals surface area contributed by atoms with E-state index < -0.39 is 11.9 Å². The fourth-order valence-corrected chi connectivity index (χ4v) is 2.75. The molecule has 0 aliphatic heterocycles. The summed E-state index contributed by atoms with van der Waals surface area (Å²) in [6, 6.07) is 9.61. The third-order valence-corrected chi connectivity index (χ3v) is 4.03. The van der Waals surface area contributed by atoms with Gasteiger partial charge in [-0.3, -0.25) is 0 Å². The molecule has 0 fully saturated rings. The molecule has 0 aliphatic carbocycles. The summed E-state index contributed by atoms with van der Waals surface area (Å²) < 4.78 is 20.4. The SMILES string of the molecule is CCOc1ccc(Br)cc1C(O)c1cc(F)ccc1Br. The first kappa shape index (κ1) is 15.5. The maximum absolute atomic E-state index is 13.4. The highest BCUT2D eigenvalue weighted by Gasteiger charge is 2.19. The summed E-state index contributed by atoms with van der Waals surface area (Å²) >= 11 is 6.70. The van der Waals surface area contributed by atoms with Crippen LogP contribution in [0.15, 0.2) is 45.3 Å². The molecule has 2 aromatic rings. The molecule has 0 aliphatic rings. The predicted octanol–water partition coefficient (Wildman–Crippen LogP) is 4.83. The van der Waals surface area contributed by atoms with E-state index in [1.807, 2.05) is 13.0 Å². The lowest BCUT2D eigenvalue weighted by Gasteiger charge is -2.17. The zero-order chi connectivity index (χ0) is 14.7. The molecule has 2 aromatic carbocycles. The van der Waals surface area contributed by atoms with Crippen molar-refractivity contribution < 1.29 is 14.2 Å². The number of rotatable bonds is 4. The van der Waals surface area contributed by atoms with Gasteiger partial charge in [0.1, 0.15) is 17.7 Å². The first-order valence-electron chi connectivity index (χ1n) is 6.08. The number of aliphatic hydroxyl groups is 1. The number of aliphatic hydroxyl groups excluding tert-OH is 1. The van der Waals surface area contributed by atoms with Crippen LogP contribution < -0.4 is 4.74 Å². The smallest absolute Gasteiger partial charge is 0.125 e. The molecular weight excluding hydrogens is 391 g/mol. The number of halogens is 3. The predicted molar refractivity (Wildman–Crippen MR) is 83.5 cm³/mol. The number of benzene rings is 2. The van der Waals surface area contributed by atoms with E-state index in [1.54, 1.807) is 18.2 Å². The summed E-state index contributed by atoms with van der Waals surface area (Å²) in [6.45, 7) is 2.36. The van der Waals surface area contributed by atoms with E-state index in [2.05, 4.69) is 31.9 Å². The summed E-state index contributed by atoms with van der Waals surface area (Å²) in [5, 5.41) is 10.5. The van der Waals surface area contributed by atoms with Gasteiger partial charge in [0.05, 0.1) is 6.61 Å². The molecule has 1 unspecified atom stereocenters. The minimum absolute atomic E-state index is 0.393. The van der Waals surface area contributed by atoms with E-state index in [0.29, 0.717) is 28.0 Å². The van der Waals surface area contributed by atoms with Crippen molar-refractivity contribution in [3.63, 3.8) is 0 Å². The molecule has 5 heteroatoms. The maximum atomic E-state index is 13.4. The van der Waals surface area contributed by atoms with Crippen LogP contribution in [-0.4, -0.2) is 11.7 Å². The molecule has 1 N–H and O–H groups in total. The van der Waals surface area contributed by atoms with Crippen LogP contribution in [-0.2, 0) is 0 Å². The van der Waals surface area contributed by atoms with Crippen molar-refractivity contribution >= 4 is 31.9 Å². The molecule has 0 saturated heterocycles. The summed E-state index contributed by atoms with van der Waals surface area (Å²) in [4.78, 5) is 0. The average molecular weight is 404 g/mol. The topological polar surface area (TPSA) is 29.5 Å². The van der Waals surface area contributed by atoms with Crippen molar-refractivity contribution in [2.75, 3.05) is 6.61 Å². The van der Waals surface area contributed by atoms with Crippen LogP contribution in [0.5, 0.6) is 5.75 Å². The van der Waals surface area contributed by atoms with Crippen molar-refractivity contribution in [2.45, 2.75) is 13.0 Å². The van der Waals surface area contributed by atoms with E-state index in [9.17, 15) is 9.50 Å². The summed E-state index contributed by atoms with van der Waals surface area (Å²) in [5.74, 6) is 0.189. The van der Waals surface area contributed by atoms with Crippen molar-refractivity contribution in [2.24, 2.45) is 0 Å². The quantitative estimate of drug-likeness (QED) is 0.791. The second kappa shape index (κ2) is 6.70. The van der Waals surface area contributed by atoms with Crippen molar-refractivity contribution in [3.8, 4) is 5.75 Å². The molecule has 0 radical (unpaired) electrons. The van der Waals surface area contributed by atoms with Gasteiger partial charge in [-0.2, -0.15) is 0 Å². The fourth-order valence-electron chi connectivity index (χ4n) is 1.91. The van der Waals surface area contributed by atoms with E-state index in [-0.39, 0.29) is 0 Å². The van der Waals surface area contributed by atoms with Crippen molar-refractivity contribution in [3.05, 3.63) is 62.3 Å². The Bertz CT molecular complexity index is 617. The van der Waals surface area contributed by atoms with Crippen molar-refractivity contribution in [1.29, 1.82) is 0 Å². The largest absolute Gasteiger partial charge is 0.493 e. The van der Waals surface area contributed by atoms with E-state index >= 15 is 0 Å². The summed E-state index contributed by atoms with van der Waals surface area (Å²) in [7, 11) is 0. The zero-order valence-electron chi connectivity index (χ0n) is 10.7. The van der Waals surface area contributed by atoms with Crippen LogP contribution in [0.2, 0.25) is 0 Å². The standard InChI is InChI=1S/C15H13Br2FO2/c1-2-20-14-6-3-9(16)7-12(14)15(19)11-8-10(18)4-5-13(11)17/h3-8,15,19H,2H2,1H3. The van der Waals surface area contributed by atoms with Crippen LogP contribution in [0, 0.1) is 5.82 Å². The minimum Gasteiger partial charge on any atom is -0.493 e. The molecule has 0 heterocycles. The Morgan fingerprint density at radius 1 is 1.15 bits per heavy atom. The van der Waals surface area contributed by atoms with Gasteiger partial charge in [0.2, 0.25) is 0 Å². The average Bonchev–Trinajstić information content (AvgIpc) is 2.43. The monoisotopic (exact) mass is 402 g/mol. The molecule has 0 spiro atoms. The van der Waals surface area contributed by atoms with Gasteiger partial charge in [-0.1, -0.05) is 31.9 Å². The van der Waals surface area contributed by atoms with Gasteiger partial charge in [-0.05, 0) is 43.3 Å². The Morgan fingerprint density at radius 3 is 2.60 bits per heavy atom. The normalized spacial score (nSPS) is 12.2. The third-order valence-electron chi connectivity index (χ3n) is 2.82. The van der Waals surface area contributed by atoms with Crippen LogP contribution >= 0.6 is 31.9 Å². The Morgan fingerprint density at radius 2 is 1.90 bits per heavy atom. The van der Waals surface area contributed by atoms with Gasteiger partial charge >= 0.3 is 0 Å². The Labute approximate surface area is 133 Å². The molecular formula is C15H13Br2FO2. The minimum atomic E-state index is -0.973. The van der Waals surface area contributed by atoms with Crippen LogP contribution in [0.3, 0.4) is 0 Å². The maximum Gasteiger partial charge on any atom is 0.125 e. The highest BCUT2D eigenvalue weighted by molar-refractivity contribution is 9.10. The number of hydrogen-bond acceptors (Lipinski definition) is 2. The number of hydrogen-bond donors (Lipinski definition) is 1. The van der Waals surface area contributed by atoms with Gasteiger partial charge in [0.25, 0.3) is 0 Å². The van der Waals surface area contributed by atoms with Gasteiger partial charge in [-0.15, -0.1) is 0 Å². The van der Waals surface area contributed by atoms with Crippen LogP contribution in [0.25, 0.3) is 0 Å². The first-order chi connectivity index (χ1) is 9.52. The lowest BCUT2D eigenvalue weighted by atomic mass is 10.0. The first-order valence-corrected chi connectivity index (χ1v) is 7.66. The van der Waals surface area contributed by atoms with E-state index in [4.69, 9.17) is 4.74 Å². The van der Waals surface area contributed by atoms with Crippen LogP contribution in [0.4, 0.5) is 4.39 Å². The molecule has 0 amide bonds. The molecule has 0 aromatic heterocycles. The van der Waals surface area contributed by atoms with Gasteiger partial charge < -0.3 is 9.84 Å². The zero-order valence-corrected chi connectivity index (χ0v) is 13.9. The molecule has 2 nitrogen and oxygen atoms in total. The molecule has 2 rings (SSSR count). The third kappa shape index (κ3) is 3.40. The summed E-state index contributed by atoms with van der Waals surface area (Å²) in [5.41, 5.74) is 1.05. The fraction of sp³-hybridized carbons (Fsp3) is 0.200. The Hall–Kier alpha value is -0.910. The molecule has 20 heavy (non-hydrogen) atoms. The molecule has 1 atom stereocenters. The van der Waals surface area contributed by atoms with Crippen molar-refractivity contribution in [1.82, 2.24) is 0 Å². The Balaban J connectivity index is 2.49. The van der Waals surface area contributed by atoms with E-state index in [0.717, 1.165) is 4.47 Å². The second-order valence-corrected chi connectivity index (χ2v) is 5.95. The highest BCUT2D eigenvalue weighted by atomic mass is 79.9. The highest BCUT2D eigenvalue weighted by Crippen LogP contribution is 2.35. The van der Waals surface area contributed by atoms with E-state index in [1.165, 1.54) is 12.1 Å². The summed E-state index contributed by atoms with van der Waals surface area (Å²) in [6.07, 6.45) is -0.973.